The molecule has 5 nitrogen and oxygen atoms in total. The Hall–Kier alpha value is -0.620. The van der Waals surface area contributed by atoms with Gasteiger partial charge in [-0.1, -0.05) is 27.2 Å². The highest BCUT2D eigenvalue weighted by atomic mass is 32.2. The first kappa shape index (κ1) is 17.4. The summed E-state index contributed by atoms with van der Waals surface area (Å²) in [5, 5.41) is 0. The predicted molar refractivity (Wildman–Crippen MR) is 80.9 cm³/mol. The minimum atomic E-state index is -3.13. The maximum atomic E-state index is 12.2. The van der Waals surface area contributed by atoms with Gasteiger partial charge in [-0.05, 0) is 19.3 Å². The van der Waals surface area contributed by atoms with Crippen LogP contribution < -0.4 is 0 Å². The predicted octanol–water partition coefficient (Wildman–Crippen LogP) is 1.70. The third-order valence-electron chi connectivity index (χ3n) is 4.03. The van der Waals surface area contributed by atoms with Gasteiger partial charge in [-0.2, -0.15) is 4.31 Å². The zero-order chi connectivity index (χ0) is 15.2. The summed E-state index contributed by atoms with van der Waals surface area (Å²) < 4.78 is 25.7. The number of unbranched alkanes of at least 4 members (excludes halogenated alkanes) is 1. The second-order valence-corrected chi connectivity index (χ2v) is 7.50. The maximum absolute atomic E-state index is 12.2. The standard InChI is InChI=1S/C14H28N2O3S/c1-4-7-12-20(18,19)16-10-8-15(9-11-16)14(17)13(5-2)6-3/h13H,4-12H2,1-3H3. The largest absolute Gasteiger partial charge is 0.340 e. The molecule has 20 heavy (non-hydrogen) atoms. The lowest BCUT2D eigenvalue weighted by Gasteiger charge is -2.35. The number of carbonyl (C=O) groups is 1. The van der Waals surface area contributed by atoms with E-state index in [0.717, 1.165) is 19.3 Å². The normalized spacial score (nSPS) is 17.7. The molecule has 1 saturated heterocycles. The average molecular weight is 304 g/mol. The molecular weight excluding hydrogens is 276 g/mol. The fourth-order valence-corrected chi connectivity index (χ4v) is 4.17. The van der Waals surface area contributed by atoms with Gasteiger partial charge in [-0.3, -0.25) is 4.79 Å². The van der Waals surface area contributed by atoms with Crippen molar-refractivity contribution in [1.82, 2.24) is 9.21 Å². The van der Waals surface area contributed by atoms with Crippen LogP contribution in [0.4, 0.5) is 0 Å². The Morgan fingerprint density at radius 2 is 1.60 bits per heavy atom. The van der Waals surface area contributed by atoms with Gasteiger partial charge in [0.25, 0.3) is 0 Å². The first-order valence-corrected chi connectivity index (χ1v) is 9.33. The molecule has 1 aliphatic heterocycles. The first-order chi connectivity index (χ1) is 9.46. The molecule has 1 fully saturated rings. The zero-order valence-corrected chi connectivity index (χ0v) is 13.8. The molecule has 0 unspecified atom stereocenters. The van der Waals surface area contributed by atoms with Gasteiger partial charge in [-0.15, -0.1) is 0 Å². The van der Waals surface area contributed by atoms with Gasteiger partial charge in [0.15, 0.2) is 0 Å². The van der Waals surface area contributed by atoms with Crippen molar-refractivity contribution in [1.29, 1.82) is 0 Å². The SMILES string of the molecule is CCCCS(=O)(=O)N1CCN(C(=O)C(CC)CC)CC1. The molecule has 0 radical (unpaired) electrons. The summed E-state index contributed by atoms with van der Waals surface area (Å²) in [6, 6.07) is 0. The van der Waals surface area contributed by atoms with Crippen LogP contribution in [-0.2, 0) is 14.8 Å². The molecule has 1 rings (SSSR count). The number of carbonyl (C=O) groups excluding carboxylic acids is 1. The fraction of sp³-hybridized carbons (Fsp3) is 0.929. The molecule has 0 bridgehead atoms. The molecule has 1 aliphatic rings. The van der Waals surface area contributed by atoms with Gasteiger partial charge in [0, 0.05) is 32.1 Å². The Morgan fingerprint density at radius 3 is 2.05 bits per heavy atom. The molecule has 0 N–H and O–H groups in total. The molecule has 0 aromatic carbocycles. The second-order valence-electron chi connectivity index (χ2n) is 5.41. The van der Waals surface area contributed by atoms with Gasteiger partial charge in [0.05, 0.1) is 5.75 Å². The van der Waals surface area contributed by atoms with Crippen molar-refractivity contribution in [3.63, 3.8) is 0 Å². The second kappa shape index (κ2) is 7.98. The van der Waals surface area contributed by atoms with Crippen molar-refractivity contribution in [3.8, 4) is 0 Å². The van der Waals surface area contributed by atoms with E-state index >= 15 is 0 Å². The van der Waals surface area contributed by atoms with Gasteiger partial charge < -0.3 is 4.90 Å². The topological polar surface area (TPSA) is 57.7 Å². The van der Waals surface area contributed by atoms with Gasteiger partial charge in [0.2, 0.25) is 15.9 Å². The van der Waals surface area contributed by atoms with Crippen LogP contribution in [0.2, 0.25) is 0 Å². The number of sulfonamides is 1. The van der Waals surface area contributed by atoms with Gasteiger partial charge >= 0.3 is 0 Å². The van der Waals surface area contributed by atoms with Crippen molar-refractivity contribution in [2.45, 2.75) is 46.5 Å². The van der Waals surface area contributed by atoms with Crippen LogP contribution in [0.25, 0.3) is 0 Å². The summed E-state index contributed by atoms with van der Waals surface area (Å²) in [5.74, 6) is 0.489. The Balaban J connectivity index is 2.53. The smallest absolute Gasteiger partial charge is 0.225 e. The van der Waals surface area contributed by atoms with E-state index in [1.54, 1.807) is 4.31 Å². The molecular formula is C14H28N2O3S. The van der Waals surface area contributed by atoms with Crippen LogP contribution in [-0.4, -0.2) is 55.5 Å². The van der Waals surface area contributed by atoms with E-state index in [4.69, 9.17) is 0 Å². The highest BCUT2D eigenvalue weighted by Gasteiger charge is 2.30. The number of rotatable bonds is 7. The lowest BCUT2D eigenvalue weighted by Crippen LogP contribution is -2.52. The van der Waals surface area contributed by atoms with Crippen molar-refractivity contribution in [2.24, 2.45) is 5.92 Å². The van der Waals surface area contributed by atoms with E-state index in [1.807, 2.05) is 25.7 Å². The summed E-state index contributed by atoms with van der Waals surface area (Å²) in [4.78, 5) is 14.1. The number of piperazine rings is 1. The number of hydrogen-bond donors (Lipinski definition) is 0. The number of hydrogen-bond acceptors (Lipinski definition) is 3. The Labute approximate surface area is 123 Å². The van der Waals surface area contributed by atoms with Crippen LogP contribution in [0, 0.1) is 5.92 Å². The van der Waals surface area contributed by atoms with E-state index in [9.17, 15) is 13.2 Å². The van der Waals surface area contributed by atoms with E-state index < -0.39 is 10.0 Å². The summed E-state index contributed by atoms with van der Waals surface area (Å²) >= 11 is 0. The molecule has 0 aromatic heterocycles. The third kappa shape index (κ3) is 4.45. The molecule has 118 valence electrons. The molecule has 0 saturated carbocycles. The van der Waals surface area contributed by atoms with Crippen LogP contribution in [0.3, 0.4) is 0 Å². The van der Waals surface area contributed by atoms with Crippen LogP contribution in [0.5, 0.6) is 0 Å². The van der Waals surface area contributed by atoms with E-state index in [2.05, 4.69) is 0 Å². The highest BCUT2D eigenvalue weighted by molar-refractivity contribution is 7.89. The molecule has 6 heteroatoms. The first-order valence-electron chi connectivity index (χ1n) is 7.72. The van der Waals surface area contributed by atoms with Crippen molar-refractivity contribution >= 4 is 15.9 Å². The van der Waals surface area contributed by atoms with Crippen LogP contribution in [0.1, 0.15) is 46.5 Å². The fourth-order valence-electron chi connectivity index (χ4n) is 2.54. The van der Waals surface area contributed by atoms with Gasteiger partial charge in [-0.25, -0.2) is 8.42 Å². The van der Waals surface area contributed by atoms with Gasteiger partial charge in [0.1, 0.15) is 0 Å². The molecule has 1 heterocycles. The Morgan fingerprint density at radius 1 is 1.05 bits per heavy atom. The quantitative estimate of drug-likeness (QED) is 0.719. The maximum Gasteiger partial charge on any atom is 0.225 e. The summed E-state index contributed by atoms with van der Waals surface area (Å²) in [7, 11) is -3.13. The van der Waals surface area contributed by atoms with Crippen molar-refractivity contribution < 1.29 is 13.2 Å². The minimum absolute atomic E-state index is 0.0817. The van der Waals surface area contributed by atoms with Crippen molar-refractivity contribution in [2.75, 3.05) is 31.9 Å². The van der Waals surface area contributed by atoms with E-state index in [-0.39, 0.29) is 17.6 Å². The van der Waals surface area contributed by atoms with E-state index in [0.29, 0.717) is 32.6 Å². The average Bonchev–Trinajstić information content (AvgIpc) is 2.46. The Kier molecular flexibility index (Phi) is 6.95. The lowest BCUT2D eigenvalue weighted by molar-refractivity contribution is -0.136. The number of nitrogens with zero attached hydrogens (tertiary/aromatic N) is 2. The van der Waals surface area contributed by atoms with Crippen molar-refractivity contribution in [3.05, 3.63) is 0 Å². The highest BCUT2D eigenvalue weighted by Crippen LogP contribution is 2.15. The molecule has 1 amide bonds. The summed E-state index contributed by atoms with van der Waals surface area (Å²) in [6.45, 7) is 7.98. The molecule has 0 aliphatic carbocycles. The lowest BCUT2D eigenvalue weighted by atomic mass is 10.0. The molecule has 0 aromatic rings. The molecule has 0 spiro atoms. The molecule has 0 atom stereocenters. The third-order valence-corrected chi connectivity index (χ3v) is 5.99. The number of amides is 1. The zero-order valence-electron chi connectivity index (χ0n) is 13.0. The van der Waals surface area contributed by atoms with Crippen LogP contribution >= 0.6 is 0 Å². The monoisotopic (exact) mass is 304 g/mol. The Bertz CT molecular complexity index is 397. The van der Waals surface area contributed by atoms with Crippen LogP contribution in [0.15, 0.2) is 0 Å². The van der Waals surface area contributed by atoms with E-state index in [1.165, 1.54) is 0 Å². The summed E-state index contributed by atoms with van der Waals surface area (Å²) in [5.41, 5.74) is 0. The minimum Gasteiger partial charge on any atom is -0.340 e. The summed E-state index contributed by atoms with van der Waals surface area (Å²) in [6.07, 6.45) is 3.29.